The maximum Gasteiger partial charge on any atom is 0.270 e. The number of ether oxygens (including phenoxy) is 2. The van der Waals surface area contributed by atoms with Gasteiger partial charge in [-0.2, -0.15) is 0 Å². The molecule has 43 heavy (non-hydrogen) atoms. The summed E-state index contributed by atoms with van der Waals surface area (Å²) in [7, 11) is -4.99. The predicted octanol–water partition coefficient (Wildman–Crippen LogP) is 4.63. The fourth-order valence-corrected chi connectivity index (χ4v) is 6.31. The number of sulfonamides is 2. The number of anilines is 2. The van der Waals surface area contributed by atoms with Gasteiger partial charge in [0.25, 0.3) is 26.0 Å². The van der Waals surface area contributed by atoms with Gasteiger partial charge in [-0.25, -0.2) is 22.3 Å². The number of carbonyl (C=O) groups is 1. The van der Waals surface area contributed by atoms with Crippen molar-refractivity contribution in [1.82, 2.24) is 5.48 Å². The molecule has 0 fully saturated rings. The van der Waals surface area contributed by atoms with Crippen molar-refractivity contribution >= 4 is 42.9 Å². The van der Waals surface area contributed by atoms with E-state index in [0.717, 1.165) is 0 Å². The Morgan fingerprint density at radius 3 is 1.40 bits per heavy atom. The van der Waals surface area contributed by atoms with Crippen LogP contribution >= 0.6 is 0 Å². The standard InChI is InChI=1S/C30H29N3O8S2/c1-20(30(34)31-35)29(21-6-4-8-23(18-21)32-42(36,37)27-14-10-25(40-2)11-15-27)22-7-5-9-24(19-22)33-43(38,39)28-16-12-26(41-3)13-17-28/h4-19,32-33,35H,1-3H3,(H,31,34). The van der Waals surface area contributed by atoms with E-state index >= 15 is 0 Å². The minimum absolute atomic E-state index is 0.0159. The quantitative estimate of drug-likeness (QED) is 0.107. The molecule has 11 nitrogen and oxygen atoms in total. The van der Waals surface area contributed by atoms with Crippen LogP contribution in [-0.2, 0) is 24.8 Å². The van der Waals surface area contributed by atoms with Gasteiger partial charge in [-0.1, -0.05) is 24.3 Å². The molecule has 13 heteroatoms. The first-order chi connectivity index (χ1) is 20.5. The van der Waals surface area contributed by atoms with Gasteiger partial charge in [0.1, 0.15) is 11.5 Å². The zero-order valence-corrected chi connectivity index (χ0v) is 25.0. The highest BCUT2D eigenvalue weighted by Crippen LogP contribution is 2.32. The normalized spacial score (nSPS) is 11.3. The van der Waals surface area contributed by atoms with Crippen molar-refractivity contribution in [3.8, 4) is 11.5 Å². The van der Waals surface area contributed by atoms with Crippen molar-refractivity contribution in [3.05, 3.63) is 114 Å². The van der Waals surface area contributed by atoms with Crippen LogP contribution in [0.5, 0.6) is 11.5 Å². The fraction of sp³-hybridized carbons (Fsp3) is 0.100. The maximum absolute atomic E-state index is 13.0. The Labute approximate surface area is 249 Å². The van der Waals surface area contributed by atoms with Crippen molar-refractivity contribution in [1.29, 1.82) is 0 Å². The number of hydrogen-bond acceptors (Lipinski definition) is 8. The van der Waals surface area contributed by atoms with Gasteiger partial charge in [-0.3, -0.25) is 19.4 Å². The topological polar surface area (TPSA) is 160 Å². The number of methoxy groups -OCH3 is 2. The van der Waals surface area contributed by atoms with Gasteiger partial charge in [0.2, 0.25) is 0 Å². The summed E-state index contributed by atoms with van der Waals surface area (Å²) in [6.45, 7) is 1.48. The molecule has 0 radical (unpaired) electrons. The molecule has 4 N–H and O–H groups in total. The molecular weight excluding hydrogens is 594 g/mol. The number of hydroxylamine groups is 1. The number of carbonyl (C=O) groups excluding carboxylic acids is 1. The molecule has 0 aromatic heterocycles. The molecule has 0 saturated carbocycles. The van der Waals surface area contributed by atoms with Crippen molar-refractivity contribution in [2.24, 2.45) is 0 Å². The first-order valence-electron chi connectivity index (χ1n) is 12.7. The minimum atomic E-state index is -3.97. The van der Waals surface area contributed by atoms with Crippen LogP contribution in [0.1, 0.15) is 18.1 Å². The third kappa shape index (κ3) is 7.33. The molecule has 0 saturated heterocycles. The molecule has 0 unspecified atom stereocenters. The number of nitrogens with one attached hydrogen (secondary N) is 3. The maximum atomic E-state index is 13.0. The number of hydrogen-bond donors (Lipinski definition) is 4. The molecule has 4 aromatic carbocycles. The summed E-state index contributed by atoms with van der Waals surface area (Å²) < 4.78 is 67.4. The van der Waals surface area contributed by atoms with Crippen LogP contribution < -0.4 is 24.4 Å². The first kappa shape index (κ1) is 31.1. The van der Waals surface area contributed by atoms with Crippen LogP contribution in [0.3, 0.4) is 0 Å². The van der Waals surface area contributed by atoms with Gasteiger partial charge in [0.05, 0.1) is 24.0 Å². The lowest BCUT2D eigenvalue weighted by atomic mass is 9.92. The van der Waals surface area contributed by atoms with E-state index < -0.39 is 26.0 Å². The van der Waals surface area contributed by atoms with Crippen LogP contribution in [0.2, 0.25) is 0 Å². The van der Waals surface area contributed by atoms with E-state index in [0.29, 0.717) is 28.2 Å². The molecule has 4 rings (SSSR count). The predicted molar refractivity (Wildman–Crippen MR) is 162 cm³/mol. The molecule has 0 bridgehead atoms. The van der Waals surface area contributed by atoms with Crippen LogP contribution in [-0.4, -0.2) is 42.2 Å². The zero-order chi connectivity index (χ0) is 31.2. The van der Waals surface area contributed by atoms with Gasteiger partial charge in [0, 0.05) is 16.9 Å². The van der Waals surface area contributed by atoms with E-state index in [1.807, 2.05) is 0 Å². The Hall–Kier alpha value is -4.85. The Morgan fingerprint density at radius 1 is 0.651 bits per heavy atom. The van der Waals surface area contributed by atoms with Crippen molar-refractivity contribution in [3.63, 3.8) is 0 Å². The molecule has 224 valence electrons. The summed E-state index contributed by atoms with van der Waals surface area (Å²) in [5.74, 6) is 0.201. The summed E-state index contributed by atoms with van der Waals surface area (Å²) in [6, 6.07) is 24.4. The van der Waals surface area contributed by atoms with E-state index in [9.17, 15) is 26.8 Å². The fourth-order valence-electron chi connectivity index (χ4n) is 4.21. The highest BCUT2D eigenvalue weighted by atomic mass is 32.2. The van der Waals surface area contributed by atoms with Crippen LogP contribution in [0, 0.1) is 0 Å². The number of rotatable bonds is 11. The third-order valence-electron chi connectivity index (χ3n) is 6.36. The molecule has 0 spiro atoms. The van der Waals surface area contributed by atoms with Gasteiger partial charge in [0.15, 0.2) is 0 Å². The highest BCUT2D eigenvalue weighted by Gasteiger charge is 2.20. The van der Waals surface area contributed by atoms with Gasteiger partial charge >= 0.3 is 0 Å². The molecule has 4 aromatic rings. The lowest BCUT2D eigenvalue weighted by Gasteiger charge is -2.16. The highest BCUT2D eigenvalue weighted by molar-refractivity contribution is 7.93. The van der Waals surface area contributed by atoms with E-state index in [4.69, 9.17) is 9.47 Å². The number of amides is 1. The van der Waals surface area contributed by atoms with Crippen LogP contribution in [0.25, 0.3) is 5.57 Å². The zero-order valence-electron chi connectivity index (χ0n) is 23.4. The summed E-state index contributed by atoms with van der Waals surface area (Å²) in [5.41, 5.74) is 3.28. The minimum Gasteiger partial charge on any atom is -0.497 e. The van der Waals surface area contributed by atoms with Gasteiger partial charge in [-0.05, 0) is 96.4 Å². The lowest BCUT2D eigenvalue weighted by Crippen LogP contribution is -2.20. The SMILES string of the molecule is COc1ccc(S(=O)(=O)Nc2cccc(C(=C(C)C(=O)NO)c3cccc(NS(=O)(=O)c4ccc(OC)cc4)c3)c2)cc1. The average molecular weight is 624 g/mol. The summed E-state index contributed by atoms with van der Waals surface area (Å²) in [4.78, 5) is 12.6. The molecule has 1 amide bonds. The van der Waals surface area contributed by atoms with Gasteiger partial charge < -0.3 is 9.47 Å². The monoisotopic (exact) mass is 623 g/mol. The molecule has 0 aliphatic heterocycles. The second-order valence-electron chi connectivity index (χ2n) is 9.16. The van der Waals surface area contributed by atoms with E-state index in [1.54, 1.807) is 41.9 Å². The van der Waals surface area contributed by atoms with E-state index in [1.165, 1.54) is 81.8 Å². The smallest absolute Gasteiger partial charge is 0.270 e. The molecule has 0 aliphatic rings. The summed E-state index contributed by atoms with van der Waals surface area (Å²) >= 11 is 0. The summed E-state index contributed by atoms with van der Waals surface area (Å²) in [6.07, 6.45) is 0. The Balaban J connectivity index is 1.71. The largest absolute Gasteiger partial charge is 0.497 e. The molecule has 0 heterocycles. The summed E-state index contributed by atoms with van der Waals surface area (Å²) in [5, 5.41) is 9.35. The van der Waals surface area contributed by atoms with E-state index in [2.05, 4.69) is 9.44 Å². The van der Waals surface area contributed by atoms with E-state index in [-0.39, 0.29) is 26.7 Å². The number of benzene rings is 4. The van der Waals surface area contributed by atoms with Crippen molar-refractivity contribution < 1.29 is 36.3 Å². The Bertz CT molecular complexity index is 1750. The molecule has 0 aliphatic carbocycles. The van der Waals surface area contributed by atoms with Crippen molar-refractivity contribution in [2.75, 3.05) is 23.7 Å². The van der Waals surface area contributed by atoms with Crippen LogP contribution in [0.4, 0.5) is 11.4 Å². The first-order valence-corrected chi connectivity index (χ1v) is 15.6. The van der Waals surface area contributed by atoms with Gasteiger partial charge in [-0.15, -0.1) is 0 Å². The van der Waals surface area contributed by atoms with Crippen LogP contribution in [0.15, 0.2) is 112 Å². The Kier molecular flexibility index (Phi) is 9.39. The van der Waals surface area contributed by atoms with Crippen molar-refractivity contribution in [2.45, 2.75) is 16.7 Å². The second kappa shape index (κ2) is 13.0. The lowest BCUT2D eigenvalue weighted by molar-refractivity contribution is -0.125. The average Bonchev–Trinajstić information content (AvgIpc) is 3.00. The molecule has 0 atom stereocenters. The molecular formula is C30H29N3O8S2. The second-order valence-corrected chi connectivity index (χ2v) is 12.5. The Morgan fingerprint density at radius 2 is 1.05 bits per heavy atom. The third-order valence-corrected chi connectivity index (χ3v) is 9.16.